The zero-order valence-electron chi connectivity index (χ0n) is 17.9. The number of thiophene rings is 1. The predicted octanol–water partition coefficient (Wildman–Crippen LogP) is 7.25. The molecule has 0 aliphatic rings. The van der Waals surface area contributed by atoms with Gasteiger partial charge in [-0.15, -0.1) is 11.3 Å². The van der Waals surface area contributed by atoms with Crippen LogP contribution < -0.4 is 14.9 Å². The van der Waals surface area contributed by atoms with E-state index in [1.807, 2.05) is 30.1 Å². The van der Waals surface area contributed by atoms with Gasteiger partial charge in [-0.3, -0.25) is 9.52 Å². The number of nitrogens with one attached hydrogen (secondary N) is 2. The van der Waals surface area contributed by atoms with Gasteiger partial charge >= 0.3 is 0 Å². The third-order valence-electron chi connectivity index (χ3n) is 4.87. The summed E-state index contributed by atoms with van der Waals surface area (Å²) in [6, 6.07) is 17.6. The number of carbonyl (C=O) groups excluding carboxylic acids is 1. The van der Waals surface area contributed by atoms with Gasteiger partial charge in [0.05, 0.1) is 21.8 Å². The first kappa shape index (κ1) is 24.6. The summed E-state index contributed by atoms with van der Waals surface area (Å²) in [5.41, 5.74) is 2.47. The predicted molar refractivity (Wildman–Crippen MR) is 144 cm³/mol. The molecule has 4 aromatic rings. The Labute approximate surface area is 216 Å². The Kier molecular flexibility index (Phi) is 6.98. The van der Waals surface area contributed by atoms with Crippen molar-refractivity contribution in [3.63, 3.8) is 0 Å². The molecule has 0 aliphatic heterocycles. The second-order valence-electron chi connectivity index (χ2n) is 7.54. The molecule has 34 heavy (non-hydrogen) atoms. The molecule has 0 bridgehead atoms. The molecule has 4 rings (SSSR count). The SMILES string of the molecule is CN(c1ccc(Cl)cc1)c1cc(Cl)cc(NC(=O)c2cc3cc(NS(C)(=O)=O)c(Cl)cc3s2)c1. The number of sulfonamides is 1. The Morgan fingerprint density at radius 1 is 0.912 bits per heavy atom. The van der Waals surface area contributed by atoms with E-state index in [-0.39, 0.29) is 16.6 Å². The molecule has 0 unspecified atom stereocenters. The van der Waals surface area contributed by atoms with Crippen LogP contribution in [0.4, 0.5) is 22.7 Å². The van der Waals surface area contributed by atoms with Crippen molar-refractivity contribution in [2.45, 2.75) is 0 Å². The lowest BCUT2D eigenvalue weighted by Crippen LogP contribution is -2.12. The van der Waals surface area contributed by atoms with Crippen LogP contribution in [0.3, 0.4) is 0 Å². The number of fused-ring (bicyclic) bond motifs is 1. The van der Waals surface area contributed by atoms with Crippen molar-refractivity contribution < 1.29 is 13.2 Å². The Hall–Kier alpha value is -2.49. The summed E-state index contributed by atoms with van der Waals surface area (Å²) < 4.78 is 26.3. The van der Waals surface area contributed by atoms with Crippen molar-refractivity contribution in [3.8, 4) is 0 Å². The zero-order valence-corrected chi connectivity index (χ0v) is 21.8. The maximum Gasteiger partial charge on any atom is 0.265 e. The molecule has 0 atom stereocenters. The van der Waals surface area contributed by atoms with Crippen molar-refractivity contribution in [3.05, 3.63) is 80.6 Å². The Morgan fingerprint density at radius 2 is 1.62 bits per heavy atom. The minimum Gasteiger partial charge on any atom is -0.345 e. The van der Waals surface area contributed by atoms with Crippen molar-refractivity contribution in [1.82, 2.24) is 0 Å². The van der Waals surface area contributed by atoms with Crippen molar-refractivity contribution in [2.24, 2.45) is 0 Å². The summed E-state index contributed by atoms with van der Waals surface area (Å²) >= 11 is 19.8. The van der Waals surface area contributed by atoms with Gasteiger partial charge in [-0.05, 0) is 66.0 Å². The monoisotopic (exact) mass is 553 g/mol. The van der Waals surface area contributed by atoms with Crippen LogP contribution in [0.2, 0.25) is 15.1 Å². The van der Waals surface area contributed by atoms with Gasteiger partial charge in [0.1, 0.15) is 0 Å². The van der Waals surface area contributed by atoms with Gasteiger partial charge in [0.25, 0.3) is 5.91 Å². The van der Waals surface area contributed by atoms with E-state index in [2.05, 4.69) is 10.0 Å². The lowest BCUT2D eigenvalue weighted by molar-refractivity contribution is 0.103. The van der Waals surface area contributed by atoms with Crippen molar-refractivity contribution >= 4 is 94.9 Å². The van der Waals surface area contributed by atoms with E-state index < -0.39 is 10.0 Å². The summed E-state index contributed by atoms with van der Waals surface area (Å²) in [6.45, 7) is 0. The van der Waals surface area contributed by atoms with Crippen LogP contribution in [0.25, 0.3) is 10.1 Å². The number of amides is 1. The molecule has 6 nitrogen and oxygen atoms in total. The first-order chi connectivity index (χ1) is 16.0. The van der Waals surface area contributed by atoms with Crippen LogP contribution >= 0.6 is 46.1 Å². The van der Waals surface area contributed by atoms with Gasteiger partial charge in [-0.25, -0.2) is 8.42 Å². The van der Waals surface area contributed by atoms with Gasteiger partial charge in [0.2, 0.25) is 10.0 Å². The quantitative estimate of drug-likeness (QED) is 0.263. The summed E-state index contributed by atoms with van der Waals surface area (Å²) in [5, 5.41) is 4.92. The van der Waals surface area contributed by atoms with Crippen LogP contribution in [0.1, 0.15) is 9.67 Å². The second kappa shape index (κ2) is 9.64. The number of hydrogen-bond donors (Lipinski definition) is 2. The fraction of sp³-hybridized carbons (Fsp3) is 0.0870. The molecule has 11 heteroatoms. The van der Waals surface area contributed by atoms with E-state index in [9.17, 15) is 13.2 Å². The normalized spacial score (nSPS) is 11.4. The maximum atomic E-state index is 13.0. The molecule has 0 radical (unpaired) electrons. The fourth-order valence-electron chi connectivity index (χ4n) is 3.30. The topological polar surface area (TPSA) is 78.5 Å². The van der Waals surface area contributed by atoms with Gasteiger partial charge in [-0.2, -0.15) is 0 Å². The molecule has 0 fully saturated rings. The summed E-state index contributed by atoms with van der Waals surface area (Å²) in [5.74, 6) is -0.322. The van der Waals surface area contributed by atoms with E-state index in [1.54, 1.807) is 42.5 Å². The van der Waals surface area contributed by atoms with Gasteiger partial charge < -0.3 is 10.2 Å². The largest absolute Gasteiger partial charge is 0.345 e. The maximum absolute atomic E-state index is 13.0. The number of halogens is 3. The molecule has 0 spiro atoms. The average molecular weight is 555 g/mol. The van der Waals surface area contributed by atoms with Gasteiger partial charge in [0, 0.05) is 38.9 Å². The van der Waals surface area contributed by atoms with Crippen molar-refractivity contribution in [1.29, 1.82) is 0 Å². The Morgan fingerprint density at radius 3 is 2.29 bits per heavy atom. The number of carbonyl (C=O) groups is 1. The summed E-state index contributed by atoms with van der Waals surface area (Å²) in [7, 11) is -1.60. The zero-order chi connectivity index (χ0) is 24.6. The van der Waals surface area contributed by atoms with Gasteiger partial charge in [0.15, 0.2) is 0 Å². The lowest BCUT2D eigenvalue weighted by Gasteiger charge is -2.21. The molecule has 3 aromatic carbocycles. The van der Waals surface area contributed by atoms with Crippen LogP contribution in [0.15, 0.2) is 60.7 Å². The number of nitrogens with zero attached hydrogens (tertiary/aromatic N) is 1. The molecule has 1 aromatic heterocycles. The van der Waals surface area contributed by atoms with Crippen LogP contribution in [0, 0.1) is 0 Å². The van der Waals surface area contributed by atoms with Crippen LogP contribution in [-0.2, 0) is 10.0 Å². The highest BCUT2D eigenvalue weighted by Gasteiger charge is 2.15. The molecule has 1 heterocycles. The third kappa shape index (κ3) is 5.76. The number of rotatable bonds is 6. The molecular weight excluding hydrogens is 537 g/mol. The lowest BCUT2D eigenvalue weighted by atomic mass is 10.2. The first-order valence-electron chi connectivity index (χ1n) is 9.80. The minimum absolute atomic E-state index is 0.247. The molecule has 2 N–H and O–H groups in total. The highest BCUT2D eigenvalue weighted by atomic mass is 35.5. The number of anilines is 4. The average Bonchev–Trinajstić information content (AvgIpc) is 3.15. The smallest absolute Gasteiger partial charge is 0.265 e. The van der Waals surface area contributed by atoms with Crippen LogP contribution in [0.5, 0.6) is 0 Å². The summed E-state index contributed by atoms with van der Waals surface area (Å²) in [4.78, 5) is 15.3. The van der Waals surface area contributed by atoms with E-state index in [0.29, 0.717) is 26.0 Å². The standard InChI is InChI=1S/C23H18Cl3N3O3S2/c1-29(17-5-3-14(24)4-6-17)18-10-15(25)9-16(11-18)27-23(30)22-8-13-7-20(28-34(2,31)32)19(26)12-21(13)33-22/h3-12,28H,1-2H3,(H,27,30). The van der Waals surface area contributed by atoms with E-state index in [0.717, 1.165) is 22.3 Å². The highest BCUT2D eigenvalue weighted by Crippen LogP contribution is 2.35. The molecule has 0 aliphatic carbocycles. The Bertz CT molecular complexity index is 1500. The molecule has 176 valence electrons. The summed E-state index contributed by atoms with van der Waals surface area (Å²) in [6.07, 6.45) is 1.05. The Balaban J connectivity index is 1.59. The first-order valence-corrected chi connectivity index (χ1v) is 13.6. The fourth-order valence-corrected chi connectivity index (χ4v) is 5.53. The van der Waals surface area contributed by atoms with Gasteiger partial charge in [-0.1, -0.05) is 34.8 Å². The third-order valence-corrected chi connectivity index (χ3v) is 7.34. The number of hydrogen-bond acceptors (Lipinski definition) is 5. The number of benzene rings is 3. The highest BCUT2D eigenvalue weighted by molar-refractivity contribution is 7.92. The molecule has 1 amide bonds. The molecule has 0 saturated carbocycles. The van der Waals surface area contributed by atoms with E-state index in [1.165, 1.54) is 11.3 Å². The molecule has 0 saturated heterocycles. The second-order valence-corrected chi connectivity index (χ2v) is 11.7. The van der Waals surface area contributed by atoms with E-state index in [4.69, 9.17) is 34.8 Å². The van der Waals surface area contributed by atoms with E-state index >= 15 is 0 Å². The van der Waals surface area contributed by atoms with Crippen molar-refractivity contribution in [2.75, 3.05) is 28.2 Å². The minimum atomic E-state index is -3.49. The van der Waals surface area contributed by atoms with Crippen LogP contribution in [-0.4, -0.2) is 27.6 Å². The molecular formula is C23H18Cl3N3O3S2.